The quantitative estimate of drug-likeness (QED) is 0.208. The normalized spacial score (nSPS) is 23.0. The number of ether oxygens (including phenoxy) is 1. The van der Waals surface area contributed by atoms with Gasteiger partial charge in [-0.1, -0.05) is 38.5 Å². The summed E-state index contributed by atoms with van der Waals surface area (Å²) in [5.74, 6) is -2.74. The van der Waals surface area contributed by atoms with E-state index >= 15 is 0 Å². The second-order valence-electron chi connectivity index (χ2n) is 6.52. The van der Waals surface area contributed by atoms with E-state index in [4.69, 9.17) is 14.9 Å². The van der Waals surface area contributed by atoms with Gasteiger partial charge in [0.05, 0.1) is 19.3 Å². The minimum absolute atomic E-state index is 0.110. The first kappa shape index (κ1) is 21.7. The Morgan fingerprint density at radius 3 is 1.92 bits per heavy atom. The molecule has 3 atom stereocenters. The molecule has 1 heterocycles. The summed E-state index contributed by atoms with van der Waals surface area (Å²) in [5.41, 5.74) is -1.77. The fourth-order valence-corrected chi connectivity index (χ4v) is 3.01. The molecule has 0 aromatic carbocycles. The summed E-state index contributed by atoms with van der Waals surface area (Å²) < 4.78 is 4.95. The molecule has 1 aliphatic rings. The van der Waals surface area contributed by atoms with Gasteiger partial charge < -0.3 is 35.4 Å². The number of cyclic esters (lactones) is 1. The molecule has 0 aromatic heterocycles. The lowest BCUT2D eigenvalue weighted by molar-refractivity contribution is -0.165. The molecule has 1 unspecified atom stereocenters. The smallest absolute Gasteiger partial charge is 0.378 e. The van der Waals surface area contributed by atoms with E-state index in [1.165, 1.54) is 0 Å². The Morgan fingerprint density at radius 2 is 1.44 bits per heavy atom. The van der Waals surface area contributed by atoms with E-state index < -0.39 is 41.9 Å². The van der Waals surface area contributed by atoms with Crippen LogP contribution in [0.2, 0.25) is 0 Å². The van der Waals surface area contributed by atoms with E-state index in [0.29, 0.717) is 12.8 Å². The lowest BCUT2D eigenvalue weighted by Gasteiger charge is -2.31. The topological polar surface area (TPSA) is 148 Å². The van der Waals surface area contributed by atoms with Crippen LogP contribution in [-0.4, -0.2) is 67.6 Å². The van der Waals surface area contributed by atoms with Gasteiger partial charge in [-0.2, -0.15) is 0 Å². The largest absolute Gasteiger partial charge is 0.505 e. The molecule has 146 valence electrons. The van der Waals surface area contributed by atoms with Gasteiger partial charge in [0.2, 0.25) is 11.4 Å². The minimum Gasteiger partial charge on any atom is -0.505 e. The summed E-state index contributed by atoms with van der Waals surface area (Å²) in [6.07, 6.45) is 4.63. The fourth-order valence-electron chi connectivity index (χ4n) is 3.01. The van der Waals surface area contributed by atoms with Gasteiger partial charge in [0.25, 0.3) is 0 Å². The van der Waals surface area contributed by atoms with Crippen LogP contribution < -0.4 is 0 Å². The maximum atomic E-state index is 11.4. The van der Waals surface area contributed by atoms with E-state index in [9.17, 15) is 25.2 Å². The molecule has 0 aromatic rings. The monoisotopic (exact) mass is 362 g/mol. The number of hydrogen-bond donors (Lipinski definition) is 6. The van der Waals surface area contributed by atoms with Gasteiger partial charge in [-0.15, -0.1) is 0 Å². The molecular formula is C17H30O8. The summed E-state index contributed by atoms with van der Waals surface area (Å²) in [5, 5.41) is 56.3. The molecule has 0 spiro atoms. The van der Waals surface area contributed by atoms with Crippen molar-refractivity contribution in [2.24, 2.45) is 0 Å². The number of carbonyl (C=O) groups is 1. The molecule has 8 nitrogen and oxygen atoms in total. The molecule has 0 amide bonds. The van der Waals surface area contributed by atoms with E-state index in [-0.39, 0.29) is 13.0 Å². The number of carbonyl (C=O) groups excluding carboxylic acids is 1. The van der Waals surface area contributed by atoms with Gasteiger partial charge in [-0.3, -0.25) is 0 Å². The van der Waals surface area contributed by atoms with Gasteiger partial charge >= 0.3 is 5.97 Å². The highest BCUT2D eigenvalue weighted by Crippen LogP contribution is 2.37. The standard InChI is InChI=1S/C17H30O8/c18-10-12(20)8-6-4-2-1-3-5-7-9-17(13(21)11-19)15(23)14(22)16(24)25-17/h12-13,18-23H,1-11H2/t12?,13-,17+/m0/s1. The molecule has 0 radical (unpaired) electrons. The van der Waals surface area contributed by atoms with Crippen molar-refractivity contribution in [2.75, 3.05) is 13.2 Å². The summed E-state index contributed by atoms with van der Waals surface area (Å²) in [6.45, 7) is -0.910. The van der Waals surface area contributed by atoms with Crippen LogP contribution in [0.3, 0.4) is 0 Å². The predicted octanol–water partition coefficient (Wildman–Crippen LogP) is 0.827. The minimum atomic E-state index is -1.77. The van der Waals surface area contributed by atoms with E-state index in [1.54, 1.807) is 0 Å². The third-order valence-electron chi connectivity index (χ3n) is 4.60. The zero-order valence-electron chi connectivity index (χ0n) is 14.4. The van der Waals surface area contributed by atoms with Crippen molar-refractivity contribution in [2.45, 2.75) is 75.6 Å². The Labute approximate surface area is 147 Å². The van der Waals surface area contributed by atoms with Gasteiger partial charge in [-0.05, 0) is 19.3 Å². The number of aliphatic hydroxyl groups is 6. The lowest BCUT2D eigenvalue weighted by Crippen LogP contribution is -2.47. The number of aliphatic hydroxyl groups excluding tert-OH is 6. The van der Waals surface area contributed by atoms with Gasteiger partial charge in [0.15, 0.2) is 5.76 Å². The Kier molecular flexibility index (Phi) is 9.20. The van der Waals surface area contributed by atoms with Crippen LogP contribution >= 0.6 is 0 Å². The van der Waals surface area contributed by atoms with Crippen molar-refractivity contribution < 1.29 is 40.2 Å². The molecule has 0 aliphatic carbocycles. The van der Waals surface area contributed by atoms with E-state index in [0.717, 1.165) is 38.5 Å². The number of hydrogen-bond acceptors (Lipinski definition) is 8. The highest BCUT2D eigenvalue weighted by Gasteiger charge is 2.53. The second-order valence-corrected chi connectivity index (χ2v) is 6.52. The van der Waals surface area contributed by atoms with Gasteiger partial charge in [0, 0.05) is 0 Å². The van der Waals surface area contributed by atoms with Crippen molar-refractivity contribution in [3.63, 3.8) is 0 Å². The van der Waals surface area contributed by atoms with Gasteiger partial charge in [-0.25, -0.2) is 4.79 Å². The van der Waals surface area contributed by atoms with E-state index in [1.807, 2.05) is 0 Å². The zero-order valence-corrected chi connectivity index (χ0v) is 14.4. The fraction of sp³-hybridized carbons (Fsp3) is 0.824. The van der Waals surface area contributed by atoms with Crippen LogP contribution in [0.4, 0.5) is 0 Å². The van der Waals surface area contributed by atoms with Crippen molar-refractivity contribution in [3.05, 3.63) is 11.5 Å². The average molecular weight is 362 g/mol. The Hall–Kier alpha value is -1.35. The highest BCUT2D eigenvalue weighted by molar-refractivity contribution is 5.90. The molecule has 0 saturated heterocycles. The first-order valence-electron chi connectivity index (χ1n) is 8.83. The molecule has 0 bridgehead atoms. The average Bonchev–Trinajstić information content (AvgIpc) is 2.83. The highest BCUT2D eigenvalue weighted by atomic mass is 16.6. The Bertz CT molecular complexity index is 450. The lowest BCUT2D eigenvalue weighted by atomic mass is 9.88. The summed E-state index contributed by atoms with van der Waals surface area (Å²) >= 11 is 0. The second kappa shape index (κ2) is 10.6. The van der Waals surface area contributed by atoms with Crippen LogP contribution in [-0.2, 0) is 9.53 Å². The van der Waals surface area contributed by atoms with Crippen LogP contribution in [0.25, 0.3) is 0 Å². The molecule has 25 heavy (non-hydrogen) atoms. The van der Waals surface area contributed by atoms with Crippen LogP contribution in [0, 0.1) is 0 Å². The molecule has 1 rings (SSSR count). The van der Waals surface area contributed by atoms with Crippen molar-refractivity contribution in [1.29, 1.82) is 0 Å². The number of rotatable bonds is 13. The molecule has 8 heteroatoms. The maximum Gasteiger partial charge on any atom is 0.378 e. The number of unbranched alkanes of at least 4 members (excludes halogenated alkanes) is 6. The van der Waals surface area contributed by atoms with Crippen LogP contribution in [0.15, 0.2) is 11.5 Å². The summed E-state index contributed by atoms with van der Waals surface area (Å²) in [6, 6.07) is 0. The maximum absolute atomic E-state index is 11.4. The predicted molar refractivity (Wildman–Crippen MR) is 88.8 cm³/mol. The van der Waals surface area contributed by atoms with E-state index in [2.05, 4.69) is 0 Å². The Balaban J connectivity index is 2.28. The van der Waals surface area contributed by atoms with Crippen molar-refractivity contribution >= 4 is 5.97 Å². The third kappa shape index (κ3) is 5.85. The van der Waals surface area contributed by atoms with Gasteiger partial charge in [0.1, 0.15) is 6.10 Å². The first-order valence-corrected chi connectivity index (χ1v) is 8.83. The number of esters is 1. The molecule has 1 aliphatic heterocycles. The van der Waals surface area contributed by atoms with Crippen molar-refractivity contribution in [3.8, 4) is 0 Å². The third-order valence-corrected chi connectivity index (χ3v) is 4.60. The molecule has 0 saturated carbocycles. The molecular weight excluding hydrogens is 332 g/mol. The first-order chi connectivity index (χ1) is 11.9. The summed E-state index contributed by atoms with van der Waals surface area (Å²) in [7, 11) is 0. The SMILES string of the molecule is O=C1O[C@](CCCCCCCCCC(O)CO)([C@@H](O)CO)C(O)=C1O. The van der Waals surface area contributed by atoms with Crippen molar-refractivity contribution in [1.82, 2.24) is 0 Å². The molecule has 6 N–H and O–H groups in total. The molecule has 0 fully saturated rings. The van der Waals surface area contributed by atoms with Crippen LogP contribution in [0.1, 0.15) is 57.8 Å². The zero-order chi connectivity index (χ0) is 18.9. The van der Waals surface area contributed by atoms with Crippen LogP contribution in [0.5, 0.6) is 0 Å². The summed E-state index contributed by atoms with van der Waals surface area (Å²) in [4.78, 5) is 11.4. The Morgan fingerprint density at radius 1 is 0.880 bits per heavy atom.